The standard InChI is InChI=1S/C13H17N3O4S/c1-21-9-4-2-3-8(5-9)15-12-6-10(13(17)18)11(7-14-12)16(19)20/h6-9H,2-5H2,1H3,(H,14,15)(H,17,18). The fourth-order valence-corrected chi connectivity index (χ4v) is 3.37. The Morgan fingerprint density at radius 1 is 1.57 bits per heavy atom. The number of nitro groups is 1. The molecular weight excluding hydrogens is 294 g/mol. The van der Waals surface area contributed by atoms with Gasteiger partial charge in [0.2, 0.25) is 0 Å². The number of carbonyl (C=O) groups is 1. The summed E-state index contributed by atoms with van der Waals surface area (Å²) in [6.07, 6.45) is 7.37. The summed E-state index contributed by atoms with van der Waals surface area (Å²) in [5, 5.41) is 23.6. The number of pyridine rings is 1. The van der Waals surface area contributed by atoms with Gasteiger partial charge in [-0.25, -0.2) is 9.78 Å². The van der Waals surface area contributed by atoms with Crippen molar-refractivity contribution in [1.29, 1.82) is 0 Å². The van der Waals surface area contributed by atoms with Crippen molar-refractivity contribution in [1.82, 2.24) is 4.98 Å². The number of anilines is 1. The van der Waals surface area contributed by atoms with Crippen LogP contribution < -0.4 is 5.32 Å². The number of aromatic nitrogens is 1. The predicted octanol–water partition coefficient (Wildman–Crippen LogP) is 2.77. The number of carboxylic acid groups (broad SMARTS) is 1. The van der Waals surface area contributed by atoms with Gasteiger partial charge in [0.1, 0.15) is 17.6 Å². The molecule has 1 aliphatic rings. The Hall–Kier alpha value is -1.83. The average molecular weight is 311 g/mol. The SMILES string of the molecule is CSC1CCCC(Nc2cc(C(=O)O)c([N+](=O)[O-])cn2)C1. The topological polar surface area (TPSA) is 105 Å². The first-order valence-electron chi connectivity index (χ1n) is 6.68. The van der Waals surface area contributed by atoms with Gasteiger partial charge in [0.25, 0.3) is 0 Å². The van der Waals surface area contributed by atoms with E-state index in [9.17, 15) is 14.9 Å². The molecular formula is C13H17N3O4S. The quantitative estimate of drug-likeness (QED) is 0.636. The second kappa shape index (κ2) is 6.75. The van der Waals surface area contributed by atoms with E-state index in [0.29, 0.717) is 11.1 Å². The molecule has 8 heteroatoms. The highest BCUT2D eigenvalue weighted by Crippen LogP contribution is 2.29. The largest absolute Gasteiger partial charge is 0.477 e. The Labute approximate surface area is 126 Å². The molecule has 0 spiro atoms. The van der Waals surface area contributed by atoms with Gasteiger partial charge < -0.3 is 10.4 Å². The molecule has 0 amide bonds. The van der Waals surface area contributed by atoms with Crippen molar-refractivity contribution >= 4 is 29.2 Å². The van der Waals surface area contributed by atoms with Crippen LogP contribution in [0.25, 0.3) is 0 Å². The Morgan fingerprint density at radius 3 is 2.95 bits per heavy atom. The maximum absolute atomic E-state index is 11.1. The number of nitrogens with zero attached hydrogens (tertiary/aromatic N) is 2. The van der Waals surface area contributed by atoms with E-state index in [4.69, 9.17) is 5.11 Å². The highest BCUT2D eigenvalue weighted by Gasteiger charge is 2.24. The molecule has 1 aromatic rings. The van der Waals surface area contributed by atoms with Gasteiger partial charge in [-0.1, -0.05) is 6.42 Å². The monoisotopic (exact) mass is 311 g/mol. The van der Waals surface area contributed by atoms with Gasteiger partial charge in [0, 0.05) is 17.4 Å². The first-order valence-corrected chi connectivity index (χ1v) is 7.97. The summed E-state index contributed by atoms with van der Waals surface area (Å²) in [5.74, 6) is -0.942. The summed E-state index contributed by atoms with van der Waals surface area (Å²) in [6, 6.07) is 1.47. The molecule has 2 atom stereocenters. The van der Waals surface area contributed by atoms with Gasteiger partial charge in [0.15, 0.2) is 0 Å². The van der Waals surface area contributed by atoms with Crippen LogP contribution in [0.1, 0.15) is 36.0 Å². The fourth-order valence-electron chi connectivity index (χ4n) is 2.54. The Morgan fingerprint density at radius 2 is 2.33 bits per heavy atom. The van der Waals surface area contributed by atoms with E-state index < -0.39 is 16.6 Å². The number of nitrogens with one attached hydrogen (secondary N) is 1. The first-order chi connectivity index (χ1) is 10.0. The molecule has 1 fully saturated rings. The molecule has 1 aliphatic carbocycles. The Kier molecular flexibility index (Phi) is 5.00. The zero-order chi connectivity index (χ0) is 15.4. The maximum Gasteiger partial charge on any atom is 0.342 e. The zero-order valence-corrected chi connectivity index (χ0v) is 12.4. The molecule has 0 aliphatic heterocycles. The van der Waals surface area contributed by atoms with Crippen LogP contribution in [0, 0.1) is 10.1 Å². The van der Waals surface area contributed by atoms with Gasteiger partial charge in [-0.15, -0.1) is 0 Å². The second-order valence-corrected chi connectivity index (χ2v) is 6.15. The van der Waals surface area contributed by atoms with Crippen molar-refractivity contribution in [3.05, 3.63) is 27.9 Å². The van der Waals surface area contributed by atoms with Crippen LogP contribution in [0.5, 0.6) is 0 Å². The third-order valence-corrected chi connectivity index (χ3v) is 4.72. The molecule has 7 nitrogen and oxygen atoms in total. The third-order valence-electron chi connectivity index (χ3n) is 3.62. The van der Waals surface area contributed by atoms with Crippen LogP contribution in [0.4, 0.5) is 11.5 Å². The summed E-state index contributed by atoms with van der Waals surface area (Å²) in [6.45, 7) is 0. The van der Waals surface area contributed by atoms with Crippen LogP contribution in [-0.2, 0) is 0 Å². The second-order valence-electron chi connectivity index (χ2n) is 5.01. The van der Waals surface area contributed by atoms with E-state index >= 15 is 0 Å². The van der Waals surface area contributed by atoms with E-state index in [-0.39, 0.29) is 11.6 Å². The van der Waals surface area contributed by atoms with Crippen molar-refractivity contribution in [2.24, 2.45) is 0 Å². The number of carboxylic acids is 1. The number of rotatable bonds is 5. The molecule has 0 aromatic carbocycles. The van der Waals surface area contributed by atoms with Gasteiger partial charge in [-0.2, -0.15) is 11.8 Å². The first kappa shape index (κ1) is 15.6. The minimum atomic E-state index is -1.32. The van der Waals surface area contributed by atoms with E-state index in [1.54, 1.807) is 0 Å². The number of hydrogen-bond donors (Lipinski definition) is 2. The van der Waals surface area contributed by atoms with Crippen LogP contribution in [0.2, 0.25) is 0 Å². The summed E-state index contributed by atoms with van der Waals surface area (Å²) in [4.78, 5) is 25.1. The maximum atomic E-state index is 11.1. The minimum Gasteiger partial charge on any atom is -0.477 e. The lowest BCUT2D eigenvalue weighted by atomic mass is 9.95. The minimum absolute atomic E-state index is 0.229. The lowest BCUT2D eigenvalue weighted by Gasteiger charge is -2.29. The highest BCUT2D eigenvalue weighted by atomic mass is 32.2. The number of aromatic carboxylic acids is 1. The molecule has 1 aromatic heterocycles. The molecule has 2 rings (SSSR count). The van der Waals surface area contributed by atoms with E-state index in [1.807, 2.05) is 11.8 Å². The number of thioether (sulfide) groups is 1. The summed E-state index contributed by atoms with van der Waals surface area (Å²) < 4.78 is 0. The molecule has 1 saturated carbocycles. The van der Waals surface area contributed by atoms with E-state index in [1.165, 1.54) is 12.5 Å². The molecule has 0 saturated heterocycles. The molecule has 1 heterocycles. The lowest BCUT2D eigenvalue weighted by molar-refractivity contribution is -0.385. The van der Waals surface area contributed by atoms with E-state index in [0.717, 1.165) is 25.5 Å². The number of hydrogen-bond acceptors (Lipinski definition) is 6. The molecule has 21 heavy (non-hydrogen) atoms. The van der Waals surface area contributed by atoms with Crippen molar-refractivity contribution in [2.45, 2.75) is 37.0 Å². The van der Waals surface area contributed by atoms with Crippen LogP contribution >= 0.6 is 11.8 Å². The van der Waals surface area contributed by atoms with Crippen molar-refractivity contribution < 1.29 is 14.8 Å². The van der Waals surface area contributed by atoms with Crippen molar-refractivity contribution in [3.8, 4) is 0 Å². The van der Waals surface area contributed by atoms with Crippen molar-refractivity contribution in [3.63, 3.8) is 0 Å². The predicted molar refractivity (Wildman–Crippen MR) is 81.0 cm³/mol. The molecule has 0 bridgehead atoms. The Bertz CT molecular complexity index is 552. The summed E-state index contributed by atoms with van der Waals surface area (Å²) in [7, 11) is 0. The lowest BCUT2D eigenvalue weighted by Crippen LogP contribution is -2.29. The summed E-state index contributed by atoms with van der Waals surface area (Å²) in [5.41, 5.74) is -0.826. The van der Waals surface area contributed by atoms with Gasteiger partial charge in [0.05, 0.1) is 4.92 Å². The smallest absolute Gasteiger partial charge is 0.342 e. The summed E-state index contributed by atoms with van der Waals surface area (Å²) >= 11 is 1.83. The zero-order valence-electron chi connectivity index (χ0n) is 11.6. The van der Waals surface area contributed by atoms with Gasteiger partial charge in [-0.05, 0) is 25.5 Å². The normalized spacial score (nSPS) is 21.8. The highest BCUT2D eigenvalue weighted by molar-refractivity contribution is 7.99. The molecule has 2 unspecified atom stereocenters. The van der Waals surface area contributed by atoms with Crippen LogP contribution in [-0.4, -0.2) is 38.5 Å². The van der Waals surface area contributed by atoms with Crippen molar-refractivity contribution in [2.75, 3.05) is 11.6 Å². The van der Waals surface area contributed by atoms with Gasteiger partial charge >= 0.3 is 11.7 Å². The fraction of sp³-hybridized carbons (Fsp3) is 0.538. The molecule has 2 N–H and O–H groups in total. The van der Waals surface area contributed by atoms with Crippen LogP contribution in [0.15, 0.2) is 12.3 Å². The molecule has 0 radical (unpaired) electrons. The molecule has 114 valence electrons. The van der Waals surface area contributed by atoms with Gasteiger partial charge in [-0.3, -0.25) is 10.1 Å². The third kappa shape index (κ3) is 3.84. The average Bonchev–Trinajstić information content (AvgIpc) is 2.47. The Balaban J connectivity index is 2.15. The van der Waals surface area contributed by atoms with Crippen LogP contribution in [0.3, 0.4) is 0 Å². The van der Waals surface area contributed by atoms with E-state index in [2.05, 4.69) is 16.6 Å².